The number of anilines is 1. The van der Waals surface area contributed by atoms with Gasteiger partial charge in [0.2, 0.25) is 0 Å². The third-order valence-corrected chi connectivity index (χ3v) is 5.68. The van der Waals surface area contributed by atoms with Gasteiger partial charge in [-0.2, -0.15) is 5.11 Å². The Bertz CT molecular complexity index is 1470. The van der Waals surface area contributed by atoms with Crippen LogP contribution in [0.25, 0.3) is 0 Å². The molecule has 45 heavy (non-hydrogen) atoms. The summed E-state index contributed by atoms with van der Waals surface area (Å²) in [6.45, 7) is 15.2. The fraction of sp³-hybridized carbons (Fsp3) is 0.290. The summed E-state index contributed by atoms with van der Waals surface area (Å²) in [6.07, 6.45) is 0. The minimum absolute atomic E-state index is 0.00823. The highest BCUT2D eigenvalue weighted by atomic mass is 16.6. The van der Waals surface area contributed by atoms with E-state index in [0.717, 1.165) is 6.07 Å². The molecule has 0 aliphatic heterocycles. The van der Waals surface area contributed by atoms with Crippen LogP contribution >= 0.6 is 0 Å². The highest BCUT2D eigenvalue weighted by Crippen LogP contribution is 2.28. The van der Waals surface area contributed by atoms with Crippen LogP contribution in [-0.2, 0) is 33.3 Å². The molecule has 0 unspecified atom stereocenters. The van der Waals surface area contributed by atoms with Crippen LogP contribution in [0.4, 0.5) is 22.7 Å². The summed E-state index contributed by atoms with van der Waals surface area (Å²) >= 11 is 0. The molecule has 0 aliphatic carbocycles. The van der Waals surface area contributed by atoms with Crippen molar-refractivity contribution in [2.75, 3.05) is 44.4 Å². The van der Waals surface area contributed by atoms with Crippen molar-refractivity contribution in [1.29, 1.82) is 0 Å². The van der Waals surface area contributed by atoms with Gasteiger partial charge >= 0.3 is 23.9 Å². The number of azo groups is 1. The van der Waals surface area contributed by atoms with Crippen LogP contribution in [0.5, 0.6) is 0 Å². The first kappa shape index (κ1) is 35.5. The number of hydrogen-bond donors (Lipinski definition) is 0. The Kier molecular flexibility index (Phi) is 13.8. The molecular formula is C31H34N4O10. The van der Waals surface area contributed by atoms with Gasteiger partial charge in [0.25, 0.3) is 5.69 Å². The van der Waals surface area contributed by atoms with Crippen LogP contribution < -0.4 is 4.90 Å². The van der Waals surface area contributed by atoms with Crippen LogP contribution in [0.1, 0.15) is 31.1 Å². The maximum Gasteiger partial charge on any atom is 0.340 e. The number of hydrogen-bond acceptors (Lipinski definition) is 13. The Balaban J connectivity index is 2.19. The molecule has 0 heterocycles. The summed E-state index contributed by atoms with van der Waals surface area (Å²) in [4.78, 5) is 60.2. The van der Waals surface area contributed by atoms with Crippen LogP contribution in [0.2, 0.25) is 0 Å². The van der Waals surface area contributed by atoms with Gasteiger partial charge in [-0.15, -0.1) is 5.11 Å². The lowest BCUT2D eigenvalue weighted by atomic mass is 10.1. The second kappa shape index (κ2) is 17.5. The molecule has 0 aromatic heterocycles. The van der Waals surface area contributed by atoms with Crippen LogP contribution in [0.15, 0.2) is 89.1 Å². The Labute approximate surface area is 259 Å². The summed E-state index contributed by atoms with van der Waals surface area (Å²) in [5.74, 6) is -2.63. The zero-order chi connectivity index (χ0) is 33.5. The zero-order valence-corrected chi connectivity index (χ0v) is 25.3. The van der Waals surface area contributed by atoms with Crippen molar-refractivity contribution in [3.8, 4) is 0 Å². The first-order valence-corrected chi connectivity index (χ1v) is 13.5. The molecule has 0 N–H and O–H groups in total. The molecule has 0 saturated carbocycles. The number of nitro groups is 1. The van der Waals surface area contributed by atoms with E-state index in [0.29, 0.717) is 11.4 Å². The van der Waals surface area contributed by atoms with Gasteiger partial charge < -0.3 is 23.8 Å². The van der Waals surface area contributed by atoms with Gasteiger partial charge in [-0.25, -0.2) is 19.2 Å². The monoisotopic (exact) mass is 622 g/mol. The smallest absolute Gasteiger partial charge is 0.340 e. The maximum atomic E-state index is 12.7. The van der Waals surface area contributed by atoms with Crippen molar-refractivity contribution in [3.63, 3.8) is 0 Å². The Morgan fingerprint density at radius 1 is 0.733 bits per heavy atom. The lowest BCUT2D eigenvalue weighted by molar-refractivity contribution is -0.384. The predicted molar refractivity (Wildman–Crippen MR) is 164 cm³/mol. The summed E-state index contributed by atoms with van der Waals surface area (Å²) in [7, 11) is 0. The molecule has 2 rings (SSSR count). The molecule has 0 amide bonds. The van der Waals surface area contributed by atoms with E-state index in [1.165, 1.54) is 32.9 Å². The number of benzene rings is 2. The summed E-state index contributed by atoms with van der Waals surface area (Å²) < 4.78 is 20.4. The number of ether oxygens (including phenoxy) is 4. The first-order chi connectivity index (χ1) is 21.3. The SMILES string of the molecule is C=C(C)C(=O)OCCOC(=O)c1cc([N+](=O)[O-])ccc1/N=N/c1ccc(N(CCOC(=O)C(=C)C)CCOC(=O)C(=C)C)cc1. The van der Waals surface area contributed by atoms with E-state index >= 15 is 0 Å². The van der Waals surface area contributed by atoms with E-state index in [9.17, 15) is 29.3 Å². The van der Waals surface area contributed by atoms with E-state index < -0.39 is 28.8 Å². The van der Waals surface area contributed by atoms with Crippen molar-refractivity contribution >= 4 is 46.6 Å². The molecular weight excluding hydrogens is 588 g/mol. The minimum Gasteiger partial charge on any atom is -0.460 e. The number of non-ortho nitro benzene ring substituents is 1. The van der Waals surface area contributed by atoms with Crippen molar-refractivity contribution in [3.05, 3.63) is 94.6 Å². The second-order valence-corrected chi connectivity index (χ2v) is 9.55. The van der Waals surface area contributed by atoms with Crippen LogP contribution in [0, 0.1) is 10.1 Å². The highest BCUT2D eigenvalue weighted by molar-refractivity contribution is 5.95. The normalized spacial score (nSPS) is 10.5. The van der Waals surface area contributed by atoms with Crippen molar-refractivity contribution in [1.82, 2.24) is 0 Å². The fourth-order valence-corrected chi connectivity index (χ4v) is 3.31. The summed E-state index contributed by atoms with van der Waals surface area (Å²) in [5.41, 5.74) is 1.22. The number of carbonyl (C=O) groups excluding carboxylic acids is 4. The molecule has 0 atom stereocenters. The molecule has 0 spiro atoms. The van der Waals surface area contributed by atoms with Crippen LogP contribution in [-0.4, -0.2) is 68.3 Å². The molecule has 14 heteroatoms. The minimum atomic E-state index is -0.926. The second-order valence-electron chi connectivity index (χ2n) is 9.55. The quantitative estimate of drug-likeness (QED) is 0.0424. The number of nitro benzene ring substituents is 1. The third kappa shape index (κ3) is 11.9. The number of rotatable bonds is 17. The van der Waals surface area contributed by atoms with Gasteiger partial charge in [0.05, 0.1) is 29.3 Å². The summed E-state index contributed by atoms with van der Waals surface area (Å²) in [5, 5.41) is 19.5. The molecule has 2 aromatic carbocycles. The molecule has 14 nitrogen and oxygen atoms in total. The van der Waals surface area contributed by atoms with E-state index in [-0.39, 0.29) is 73.2 Å². The largest absolute Gasteiger partial charge is 0.460 e. The van der Waals surface area contributed by atoms with Gasteiger partial charge in [0, 0.05) is 34.5 Å². The lowest BCUT2D eigenvalue weighted by Gasteiger charge is -2.24. The molecule has 238 valence electrons. The van der Waals surface area contributed by atoms with Crippen molar-refractivity contribution in [2.24, 2.45) is 10.2 Å². The highest BCUT2D eigenvalue weighted by Gasteiger charge is 2.19. The average Bonchev–Trinajstić information content (AvgIpc) is 3.00. The number of carbonyl (C=O) groups is 4. The topological polar surface area (TPSA) is 176 Å². The number of esters is 4. The first-order valence-electron chi connectivity index (χ1n) is 13.5. The van der Waals surface area contributed by atoms with Gasteiger partial charge in [-0.3, -0.25) is 10.1 Å². The van der Waals surface area contributed by atoms with E-state index in [4.69, 9.17) is 18.9 Å². The van der Waals surface area contributed by atoms with Crippen molar-refractivity contribution in [2.45, 2.75) is 20.8 Å². The Hall–Kier alpha value is -5.66. The van der Waals surface area contributed by atoms with E-state index in [1.54, 1.807) is 24.3 Å². The van der Waals surface area contributed by atoms with Gasteiger partial charge in [-0.1, -0.05) is 19.7 Å². The number of nitrogens with zero attached hydrogens (tertiary/aromatic N) is 4. The zero-order valence-electron chi connectivity index (χ0n) is 25.3. The van der Waals surface area contributed by atoms with Gasteiger partial charge in [0.15, 0.2) is 0 Å². The van der Waals surface area contributed by atoms with Crippen molar-refractivity contribution < 1.29 is 43.0 Å². The molecule has 2 aromatic rings. The fourth-order valence-electron chi connectivity index (χ4n) is 3.31. The predicted octanol–water partition coefficient (Wildman–Crippen LogP) is 5.33. The lowest BCUT2D eigenvalue weighted by Crippen LogP contribution is -2.32. The molecule has 0 bridgehead atoms. The molecule has 0 saturated heterocycles. The Morgan fingerprint density at radius 3 is 1.71 bits per heavy atom. The van der Waals surface area contributed by atoms with Crippen LogP contribution in [0.3, 0.4) is 0 Å². The standard InChI is InChI=1S/C31H34N4O10/c1-20(2)28(36)42-15-13-34(14-16-43-29(37)21(3)4)24-9-7-23(8-10-24)32-33-27-12-11-25(35(40)41)19-26(27)31(39)45-18-17-44-30(38)22(5)6/h7-12,19H,1,3,5,13-18H2,2,4,6H3/b33-32+. The average molecular weight is 623 g/mol. The van der Waals surface area contributed by atoms with E-state index in [2.05, 4.69) is 30.0 Å². The van der Waals surface area contributed by atoms with E-state index in [1.807, 2.05) is 4.90 Å². The molecule has 0 radical (unpaired) electrons. The summed E-state index contributed by atoms with van der Waals surface area (Å²) in [6, 6.07) is 10.1. The maximum absolute atomic E-state index is 12.7. The molecule has 0 aliphatic rings. The van der Waals surface area contributed by atoms with Gasteiger partial charge in [-0.05, 0) is 51.1 Å². The molecule has 0 fully saturated rings. The van der Waals surface area contributed by atoms with Gasteiger partial charge in [0.1, 0.15) is 32.1 Å². The Morgan fingerprint density at radius 2 is 1.22 bits per heavy atom. The third-order valence-electron chi connectivity index (χ3n) is 5.68.